The minimum Gasteiger partial charge on any atom is -0.492 e. The normalized spacial score (nSPS) is 11.9. The summed E-state index contributed by atoms with van der Waals surface area (Å²) in [6.45, 7) is 5.71. The minimum atomic E-state index is -0.275. The summed E-state index contributed by atoms with van der Waals surface area (Å²) in [6, 6.07) is 18.1. The zero-order valence-corrected chi connectivity index (χ0v) is 17.8. The molecule has 0 spiro atoms. The molecule has 1 amide bonds. The molecule has 0 aliphatic heterocycles. The van der Waals surface area contributed by atoms with Crippen LogP contribution in [0.25, 0.3) is 11.1 Å². The van der Waals surface area contributed by atoms with Crippen LogP contribution in [0.5, 0.6) is 5.75 Å². The summed E-state index contributed by atoms with van der Waals surface area (Å²) in [5.41, 5.74) is 3.06. The number of carbonyl (C=O) groups is 1. The number of carbonyl (C=O) groups excluding carboxylic acids is 1. The Morgan fingerprint density at radius 3 is 2.48 bits per heavy atom. The third-order valence-electron chi connectivity index (χ3n) is 4.63. The van der Waals surface area contributed by atoms with Crippen molar-refractivity contribution in [2.75, 3.05) is 33.8 Å². The summed E-state index contributed by atoms with van der Waals surface area (Å²) in [5, 5.41) is 11.5. The lowest BCUT2D eigenvalue weighted by atomic mass is 9.88. The van der Waals surface area contributed by atoms with Crippen molar-refractivity contribution in [3.8, 4) is 22.9 Å². The van der Waals surface area contributed by atoms with Gasteiger partial charge in [-0.15, -0.1) is 0 Å². The molecule has 2 rings (SSSR count). The topological polar surface area (TPSA) is 65.4 Å². The van der Waals surface area contributed by atoms with Crippen LogP contribution in [0.1, 0.15) is 31.7 Å². The van der Waals surface area contributed by atoms with Gasteiger partial charge in [-0.25, -0.2) is 0 Å². The van der Waals surface area contributed by atoms with E-state index in [4.69, 9.17) is 10.00 Å². The molecule has 0 aliphatic carbocycles. The van der Waals surface area contributed by atoms with Crippen molar-refractivity contribution in [3.05, 3.63) is 54.1 Å². The molecular weight excluding hydrogens is 362 g/mol. The molecule has 0 saturated carbocycles. The van der Waals surface area contributed by atoms with Crippen molar-refractivity contribution in [2.45, 2.75) is 26.2 Å². The van der Waals surface area contributed by atoms with Crippen LogP contribution >= 0.6 is 0 Å². The summed E-state index contributed by atoms with van der Waals surface area (Å²) in [5.74, 6) is 0.825. The van der Waals surface area contributed by atoms with Crippen LogP contribution in [-0.2, 0) is 4.79 Å². The van der Waals surface area contributed by atoms with Gasteiger partial charge in [-0.3, -0.25) is 4.79 Å². The van der Waals surface area contributed by atoms with E-state index in [9.17, 15) is 4.79 Å². The molecule has 1 unspecified atom stereocenters. The summed E-state index contributed by atoms with van der Waals surface area (Å²) in [6.07, 6.45) is 0.731. The average molecular weight is 394 g/mol. The number of likely N-dealkylation sites (N-methyl/N-ethyl adjacent to an activating group) is 1. The second kappa shape index (κ2) is 11.2. The fourth-order valence-electron chi connectivity index (χ4n) is 3.16. The highest BCUT2D eigenvalue weighted by molar-refractivity contribution is 5.84. The first kappa shape index (κ1) is 22.4. The van der Waals surface area contributed by atoms with Gasteiger partial charge < -0.3 is 15.0 Å². The summed E-state index contributed by atoms with van der Waals surface area (Å²) in [4.78, 5) is 14.7. The van der Waals surface area contributed by atoms with Gasteiger partial charge in [0.25, 0.3) is 0 Å². The molecule has 0 heterocycles. The van der Waals surface area contributed by atoms with Crippen LogP contribution in [0.4, 0.5) is 0 Å². The molecule has 2 aromatic rings. The zero-order valence-electron chi connectivity index (χ0n) is 17.8. The highest BCUT2D eigenvalue weighted by Gasteiger charge is 2.22. The Labute approximate surface area is 174 Å². The van der Waals surface area contributed by atoms with Gasteiger partial charge in [-0.1, -0.05) is 50.2 Å². The van der Waals surface area contributed by atoms with Gasteiger partial charge in [0.05, 0.1) is 12.0 Å². The number of nitrogens with one attached hydrogen (secondary N) is 1. The van der Waals surface area contributed by atoms with Gasteiger partial charge in [-0.05, 0) is 55.3 Å². The van der Waals surface area contributed by atoms with Gasteiger partial charge in [0.15, 0.2) is 0 Å². The van der Waals surface area contributed by atoms with Crippen LogP contribution < -0.4 is 10.1 Å². The zero-order chi connectivity index (χ0) is 21.2. The Morgan fingerprint density at radius 1 is 1.14 bits per heavy atom. The molecule has 29 heavy (non-hydrogen) atoms. The SMILES string of the molecule is CC(C)CC(C(=O)NCC#N)c1cccc(-c2cccc(OCCN(C)C)c2)c1. The lowest BCUT2D eigenvalue weighted by Gasteiger charge is -2.19. The van der Waals surface area contributed by atoms with Crippen LogP contribution in [0.2, 0.25) is 0 Å². The van der Waals surface area contributed by atoms with Gasteiger partial charge in [0.1, 0.15) is 18.9 Å². The van der Waals surface area contributed by atoms with Crippen LogP contribution in [0, 0.1) is 17.2 Å². The van der Waals surface area contributed by atoms with Crippen LogP contribution in [0.3, 0.4) is 0 Å². The van der Waals surface area contributed by atoms with Crippen molar-refractivity contribution >= 4 is 5.91 Å². The van der Waals surface area contributed by atoms with E-state index < -0.39 is 0 Å². The second-order valence-electron chi connectivity index (χ2n) is 7.86. The first-order valence-electron chi connectivity index (χ1n) is 10.0. The second-order valence-corrected chi connectivity index (χ2v) is 7.86. The van der Waals surface area contributed by atoms with Crippen molar-refractivity contribution in [3.63, 3.8) is 0 Å². The summed E-state index contributed by atoms with van der Waals surface area (Å²) in [7, 11) is 4.04. The van der Waals surface area contributed by atoms with E-state index in [0.29, 0.717) is 12.5 Å². The molecule has 0 saturated heterocycles. The molecule has 0 fully saturated rings. The summed E-state index contributed by atoms with van der Waals surface area (Å²) < 4.78 is 5.86. The molecule has 0 radical (unpaired) electrons. The van der Waals surface area contributed by atoms with Crippen LogP contribution in [-0.4, -0.2) is 44.6 Å². The first-order valence-corrected chi connectivity index (χ1v) is 10.0. The highest BCUT2D eigenvalue weighted by atomic mass is 16.5. The molecule has 154 valence electrons. The van der Waals surface area contributed by atoms with Crippen molar-refractivity contribution in [1.82, 2.24) is 10.2 Å². The molecule has 1 N–H and O–H groups in total. The fourth-order valence-corrected chi connectivity index (χ4v) is 3.16. The first-order chi connectivity index (χ1) is 13.9. The average Bonchev–Trinajstić information content (AvgIpc) is 2.70. The molecule has 5 nitrogen and oxygen atoms in total. The molecule has 1 atom stereocenters. The maximum Gasteiger partial charge on any atom is 0.228 e. The minimum absolute atomic E-state index is 0.0272. The van der Waals surface area contributed by atoms with Gasteiger partial charge in [-0.2, -0.15) is 5.26 Å². The lowest BCUT2D eigenvalue weighted by Crippen LogP contribution is -2.30. The Bertz CT molecular complexity index is 840. The Morgan fingerprint density at radius 2 is 1.83 bits per heavy atom. The van der Waals surface area contributed by atoms with E-state index in [1.807, 2.05) is 62.6 Å². The lowest BCUT2D eigenvalue weighted by molar-refractivity contribution is -0.122. The molecule has 0 bridgehead atoms. The predicted octanol–water partition coefficient (Wildman–Crippen LogP) is 4.06. The third-order valence-corrected chi connectivity index (χ3v) is 4.63. The van der Waals surface area contributed by atoms with E-state index >= 15 is 0 Å². The molecular formula is C24H31N3O2. The molecule has 2 aromatic carbocycles. The maximum absolute atomic E-state index is 12.6. The highest BCUT2D eigenvalue weighted by Crippen LogP contribution is 2.30. The Kier molecular flexibility index (Phi) is 8.69. The molecule has 5 heteroatoms. The largest absolute Gasteiger partial charge is 0.492 e. The maximum atomic E-state index is 12.6. The molecule has 0 aliphatic rings. The van der Waals surface area contributed by atoms with Crippen molar-refractivity contribution in [1.29, 1.82) is 5.26 Å². The Hall–Kier alpha value is -2.84. The van der Waals surface area contributed by atoms with Gasteiger partial charge in [0.2, 0.25) is 5.91 Å². The fraction of sp³-hybridized carbons (Fsp3) is 0.417. The van der Waals surface area contributed by atoms with E-state index in [1.165, 1.54) is 0 Å². The van der Waals surface area contributed by atoms with Crippen molar-refractivity contribution < 1.29 is 9.53 Å². The summed E-state index contributed by atoms with van der Waals surface area (Å²) >= 11 is 0. The van der Waals surface area contributed by atoms with Gasteiger partial charge in [0, 0.05) is 6.54 Å². The number of rotatable bonds is 10. The number of benzene rings is 2. The van der Waals surface area contributed by atoms with E-state index in [2.05, 4.69) is 30.1 Å². The standard InChI is InChI=1S/C24H31N3O2/c1-18(2)15-23(24(28)26-12-11-25)21-9-5-7-19(16-21)20-8-6-10-22(17-20)29-14-13-27(3)4/h5-10,16-18,23H,12-15H2,1-4H3,(H,26,28). The third kappa shape index (κ3) is 7.24. The van der Waals surface area contributed by atoms with Crippen molar-refractivity contribution in [2.24, 2.45) is 5.92 Å². The quantitative estimate of drug-likeness (QED) is 0.618. The number of nitrogens with zero attached hydrogens (tertiary/aromatic N) is 2. The number of nitriles is 1. The van der Waals surface area contributed by atoms with E-state index in [0.717, 1.165) is 35.4 Å². The van der Waals surface area contributed by atoms with Gasteiger partial charge >= 0.3 is 0 Å². The monoisotopic (exact) mass is 393 g/mol. The smallest absolute Gasteiger partial charge is 0.228 e. The predicted molar refractivity (Wildman–Crippen MR) is 117 cm³/mol. The molecule has 0 aromatic heterocycles. The number of hydrogen-bond donors (Lipinski definition) is 1. The number of ether oxygens (including phenoxy) is 1. The van der Waals surface area contributed by atoms with E-state index in [-0.39, 0.29) is 18.4 Å². The number of amides is 1. The van der Waals surface area contributed by atoms with E-state index in [1.54, 1.807) is 0 Å². The number of hydrogen-bond acceptors (Lipinski definition) is 4. The van der Waals surface area contributed by atoms with Crippen LogP contribution in [0.15, 0.2) is 48.5 Å². The Balaban J connectivity index is 2.24.